The molecule has 0 aliphatic rings. The molecule has 1 amide bonds. The highest BCUT2D eigenvalue weighted by atomic mass is 16.5. The van der Waals surface area contributed by atoms with E-state index in [2.05, 4.69) is 25.1 Å². The van der Waals surface area contributed by atoms with Crippen molar-refractivity contribution < 1.29 is 28.7 Å². The number of allylic oxidation sites excluding steroid dienone is 1. The molecule has 3 N–H and O–H groups in total. The van der Waals surface area contributed by atoms with Crippen molar-refractivity contribution in [1.29, 1.82) is 0 Å². The first kappa shape index (κ1) is 26.3. The van der Waals surface area contributed by atoms with Crippen LogP contribution < -0.4 is 11.1 Å². The third-order valence-corrected chi connectivity index (χ3v) is 3.94. The van der Waals surface area contributed by atoms with Crippen molar-refractivity contribution in [3.63, 3.8) is 0 Å². The summed E-state index contributed by atoms with van der Waals surface area (Å²) in [5.41, 5.74) is 5.47. The normalized spacial score (nSPS) is 12.2. The van der Waals surface area contributed by atoms with Gasteiger partial charge in [0.05, 0.1) is 5.92 Å². The smallest absolute Gasteiger partial charge is 0.328 e. The molecule has 8 heteroatoms. The van der Waals surface area contributed by atoms with Gasteiger partial charge < -0.3 is 20.5 Å². The lowest BCUT2D eigenvalue weighted by Gasteiger charge is -2.21. The van der Waals surface area contributed by atoms with Crippen LogP contribution in [-0.4, -0.2) is 49.4 Å². The van der Waals surface area contributed by atoms with Crippen LogP contribution in [0.2, 0.25) is 0 Å². The minimum Gasteiger partial charge on any atom is -0.461 e. The summed E-state index contributed by atoms with van der Waals surface area (Å²) in [7, 11) is 0. The average Bonchev–Trinajstić information content (AvgIpc) is 2.70. The summed E-state index contributed by atoms with van der Waals surface area (Å²) in [5.74, 6) is -3.07. The van der Waals surface area contributed by atoms with E-state index in [1.807, 2.05) is 0 Å². The quantitative estimate of drug-likeness (QED) is 0.162. The number of esters is 2. The zero-order chi connectivity index (χ0) is 22.1. The SMILES string of the molecule is C=CCOC(=O)CC[C@H](NC(=O)C(CCCCN)C(=O)CC=C)C(=O)OCC=C. The molecule has 0 aliphatic heterocycles. The highest BCUT2D eigenvalue weighted by Gasteiger charge is 2.30. The van der Waals surface area contributed by atoms with Crippen molar-refractivity contribution >= 4 is 23.6 Å². The number of ketones is 1. The third kappa shape index (κ3) is 11.6. The van der Waals surface area contributed by atoms with E-state index in [-0.39, 0.29) is 38.3 Å². The van der Waals surface area contributed by atoms with Gasteiger partial charge in [0.25, 0.3) is 0 Å². The first-order chi connectivity index (χ1) is 13.9. The number of nitrogens with two attached hydrogens (primary N) is 1. The summed E-state index contributed by atoms with van der Waals surface area (Å²) in [4.78, 5) is 49.0. The minimum atomic E-state index is -1.09. The minimum absolute atomic E-state index is 0.0249. The van der Waals surface area contributed by atoms with Gasteiger partial charge in [0.15, 0.2) is 0 Å². The summed E-state index contributed by atoms with van der Waals surface area (Å²) in [6.45, 7) is 10.9. The molecule has 0 aromatic carbocycles. The van der Waals surface area contributed by atoms with Crippen molar-refractivity contribution in [3.8, 4) is 0 Å². The summed E-state index contributed by atoms with van der Waals surface area (Å²) in [5, 5.41) is 2.54. The molecule has 29 heavy (non-hydrogen) atoms. The maximum atomic E-state index is 12.7. The number of carbonyl (C=O) groups is 4. The van der Waals surface area contributed by atoms with E-state index in [9.17, 15) is 19.2 Å². The van der Waals surface area contributed by atoms with Crippen molar-refractivity contribution in [2.24, 2.45) is 11.7 Å². The van der Waals surface area contributed by atoms with Crippen LogP contribution in [0.25, 0.3) is 0 Å². The Morgan fingerprint density at radius 1 is 0.931 bits per heavy atom. The topological polar surface area (TPSA) is 125 Å². The van der Waals surface area contributed by atoms with Crippen LogP contribution in [0.15, 0.2) is 38.0 Å². The predicted molar refractivity (Wildman–Crippen MR) is 110 cm³/mol. The molecule has 0 saturated carbocycles. The van der Waals surface area contributed by atoms with Gasteiger partial charge in [0, 0.05) is 12.8 Å². The van der Waals surface area contributed by atoms with Gasteiger partial charge in [-0.15, -0.1) is 6.58 Å². The van der Waals surface area contributed by atoms with Gasteiger partial charge in [-0.1, -0.05) is 37.8 Å². The van der Waals surface area contributed by atoms with Gasteiger partial charge in [0.1, 0.15) is 25.0 Å². The average molecular weight is 408 g/mol. The zero-order valence-electron chi connectivity index (χ0n) is 16.9. The molecule has 1 unspecified atom stereocenters. The molecule has 0 spiro atoms. The van der Waals surface area contributed by atoms with E-state index in [1.165, 1.54) is 18.2 Å². The van der Waals surface area contributed by atoms with Crippen molar-refractivity contribution in [2.75, 3.05) is 19.8 Å². The van der Waals surface area contributed by atoms with E-state index in [1.54, 1.807) is 0 Å². The molecule has 0 heterocycles. The largest absolute Gasteiger partial charge is 0.461 e. The number of rotatable bonds is 17. The number of unbranched alkanes of at least 4 members (excludes halogenated alkanes) is 1. The van der Waals surface area contributed by atoms with Gasteiger partial charge in [-0.05, 0) is 25.8 Å². The Morgan fingerprint density at radius 3 is 2.17 bits per heavy atom. The lowest BCUT2D eigenvalue weighted by molar-refractivity contribution is -0.149. The van der Waals surface area contributed by atoms with E-state index < -0.39 is 29.8 Å². The fourth-order valence-corrected chi connectivity index (χ4v) is 2.46. The number of ether oxygens (including phenoxy) is 2. The molecule has 0 fully saturated rings. The second-order valence-electron chi connectivity index (χ2n) is 6.29. The van der Waals surface area contributed by atoms with E-state index >= 15 is 0 Å². The van der Waals surface area contributed by atoms with Gasteiger partial charge in [-0.2, -0.15) is 0 Å². The van der Waals surface area contributed by atoms with Crippen molar-refractivity contribution in [2.45, 2.75) is 44.6 Å². The molecule has 0 aromatic rings. The Morgan fingerprint density at radius 2 is 1.59 bits per heavy atom. The lowest BCUT2D eigenvalue weighted by atomic mass is 9.93. The molecule has 0 bridgehead atoms. The fraction of sp³-hybridized carbons (Fsp3) is 0.524. The Balaban J connectivity index is 5.16. The molecule has 0 aliphatic carbocycles. The van der Waals surface area contributed by atoms with Gasteiger partial charge in [-0.3, -0.25) is 14.4 Å². The summed E-state index contributed by atoms with van der Waals surface area (Å²) < 4.78 is 9.87. The van der Waals surface area contributed by atoms with Gasteiger partial charge in [0.2, 0.25) is 5.91 Å². The Bertz CT molecular complexity index is 588. The van der Waals surface area contributed by atoms with E-state index in [0.29, 0.717) is 25.8 Å². The fourth-order valence-electron chi connectivity index (χ4n) is 2.46. The maximum Gasteiger partial charge on any atom is 0.328 e. The van der Waals surface area contributed by atoms with Crippen LogP contribution in [0.4, 0.5) is 0 Å². The Labute approximate surface area is 172 Å². The standard InChI is InChI=1S/C21H32N2O6/c1-4-9-18(24)16(10-7-8-13-22)20(26)23-17(21(27)29-15-6-3)11-12-19(25)28-14-5-2/h4-6,16-17H,1-3,7-15,22H2,(H,23,26)/t16?,17-/m0/s1. The van der Waals surface area contributed by atoms with Crippen LogP contribution in [-0.2, 0) is 28.7 Å². The molecule has 0 saturated heterocycles. The zero-order valence-corrected chi connectivity index (χ0v) is 16.9. The van der Waals surface area contributed by atoms with Crippen LogP contribution in [0.1, 0.15) is 38.5 Å². The number of hydrogen-bond acceptors (Lipinski definition) is 7. The number of Topliss-reactive ketones (excluding diaryl/α,β-unsaturated/α-hetero) is 1. The number of amides is 1. The van der Waals surface area contributed by atoms with Crippen LogP contribution >= 0.6 is 0 Å². The van der Waals surface area contributed by atoms with Crippen molar-refractivity contribution in [3.05, 3.63) is 38.0 Å². The second-order valence-corrected chi connectivity index (χ2v) is 6.29. The summed E-state index contributed by atoms with van der Waals surface area (Å²) >= 11 is 0. The summed E-state index contributed by atoms with van der Waals surface area (Å²) in [6, 6.07) is -1.09. The highest BCUT2D eigenvalue weighted by molar-refractivity contribution is 6.02. The Hall–Kier alpha value is -2.74. The molecule has 0 rings (SSSR count). The predicted octanol–water partition coefficient (Wildman–Crippen LogP) is 1.60. The molecule has 2 atom stereocenters. The molecule has 8 nitrogen and oxygen atoms in total. The first-order valence-corrected chi connectivity index (χ1v) is 9.59. The highest BCUT2D eigenvalue weighted by Crippen LogP contribution is 2.14. The van der Waals surface area contributed by atoms with Crippen LogP contribution in [0, 0.1) is 5.92 Å². The molecular weight excluding hydrogens is 376 g/mol. The maximum absolute atomic E-state index is 12.7. The number of hydrogen-bond donors (Lipinski definition) is 2. The van der Waals surface area contributed by atoms with Gasteiger partial charge >= 0.3 is 11.9 Å². The van der Waals surface area contributed by atoms with E-state index in [0.717, 1.165) is 0 Å². The number of nitrogens with one attached hydrogen (secondary N) is 1. The Kier molecular flexibility index (Phi) is 14.7. The molecule has 162 valence electrons. The second kappa shape index (κ2) is 16.2. The van der Waals surface area contributed by atoms with Crippen LogP contribution in [0.5, 0.6) is 0 Å². The van der Waals surface area contributed by atoms with Crippen molar-refractivity contribution in [1.82, 2.24) is 5.32 Å². The third-order valence-electron chi connectivity index (χ3n) is 3.94. The lowest BCUT2D eigenvalue weighted by Crippen LogP contribution is -2.46. The first-order valence-electron chi connectivity index (χ1n) is 9.59. The van der Waals surface area contributed by atoms with Crippen LogP contribution in [0.3, 0.4) is 0 Å². The number of carbonyl (C=O) groups excluding carboxylic acids is 4. The molecular formula is C21H32N2O6. The monoisotopic (exact) mass is 408 g/mol. The summed E-state index contributed by atoms with van der Waals surface area (Å²) in [6.07, 6.45) is 5.72. The van der Waals surface area contributed by atoms with Gasteiger partial charge in [-0.25, -0.2) is 4.79 Å². The molecule has 0 aromatic heterocycles. The molecule has 0 radical (unpaired) electrons. The van der Waals surface area contributed by atoms with E-state index in [4.69, 9.17) is 15.2 Å².